The standard InChI is InChI=1S/C17H21BrClN3/c18-15-12-14(4-5-16(15)19)13-17-20-6-9-22(17)11-10-21-7-2-1-3-8-21/h4-6,9,12H,1-3,7-8,10-11,13H2. The lowest BCUT2D eigenvalue weighted by molar-refractivity contribution is 0.220. The molecule has 0 bridgehead atoms. The fraction of sp³-hybridized carbons (Fsp3) is 0.471. The van der Waals surface area contributed by atoms with E-state index in [0.717, 1.165) is 34.8 Å². The third-order valence-corrected chi connectivity index (χ3v) is 5.47. The molecule has 22 heavy (non-hydrogen) atoms. The van der Waals surface area contributed by atoms with Crippen molar-refractivity contribution in [3.63, 3.8) is 0 Å². The van der Waals surface area contributed by atoms with Crippen molar-refractivity contribution >= 4 is 27.5 Å². The number of benzene rings is 1. The molecule has 0 unspecified atom stereocenters. The maximum absolute atomic E-state index is 6.06. The summed E-state index contributed by atoms with van der Waals surface area (Å²) in [6, 6.07) is 6.07. The first-order chi connectivity index (χ1) is 10.7. The fourth-order valence-electron chi connectivity index (χ4n) is 2.98. The molecule has 1 fully saturated rings. The molecule has 0 spiro atoms. The second-order valence-electron chi connectivity index (χ2n) is 5.86. The zero-order valence-corrected chi connectivity index (χ0v) is 15.0. The highest BCUT2D eigenvalue weighted by molar-refractivity contribution is 9.10. The molecule has 0 amide bonds. The lowest BCUT2D eigenvalue weighted by Gasteiger charge is -2.26. The van der Waals surface area contributed by atoms with E-state index in [-0.39, 0.29) is 0 Å². The molecule has 118 valence electrons. The predicted octanol–water partition coefficient (Wildman–Crippen LogP) is 4.38. The normalized spacial score (nSPS) is 16.1. The first-order valence-corrected chi connectivity index (χ1v) is 9.06. The number of nitrogens with zero attached hydrogens (tertiary/aromatic N) is 3. The van der Waals surface area contributed by atoms with Crippen LogP contribution in [0.25, 0.3) is 0 Å². The van der Waals surface area contributed by atoms with Crippen molar-refractivity contribution in [1.29, 1.82) is 0 Å². The number of imidazole rings is 1. The van der Waals surface area contributed by atoms with E-state index in [2.05, 4.69) is 48.7 Å². The van der Waals surface area contributed by atoms with Gasteiger partial charge < -0.3 is 9.47 Å². The van der Waals surface area contributed by atoms with Crippen LogP contribution in [0.5, 0.6) is 0 Å². The van der Waals surface area contributed by atoms with Gasteiger partial charge in [0.05, 0.1) is 5.02 Å². The highest BCUT2D eigenvalue weighted by Crippen LogP contribution is 2.24. The summed E-state index contributed by atoms with van der Waals surface area (Å²) in [4.78, 5) is 7.09. The topological polar surface area (TPSA) is 21.1 Å². The molecule has 0 N–H and O–H groups in total. The summed E-state index contributed by atoms with van der Waals surface area (Å²) in [5.41, 5.74) is 1.22. The van der Waals surface area contributed by atoms with E-state index < -0.39 is 0 Å². The van der Waals surface area contributed by atoms with Gasteiger partial charge in [-0.3, -0.25) is 0 Å². The van der Waals surface area contributed by atoms with Gasteiger partial charge in [0.25, 0.3) is 0 Å². The van der Waals surface area contributed by atoms with Crippen molar-refractivity contribution in [2.45, 2.75) is 32.2 Å². The van der Waals surface area contributed by atoms with Crippen LogP contribution >= 0.6 is 27.5 Å². The lowest BCUT2D eigenvalue weighted by atomic mass is 10.1. The second-order valence-corrected chi connectivity index (χ2v) is 7.13. The average Bonchev–Trinajstić information content (AvgIpc) is 2.97. The SMILES string of the molecule is Clc1ccc(Cc2nccn2CCN2CCCCC2)cc1Br. The Balaban J connectivity index is 1.62. The molecular formula is C17H21BrClN3. The number of rotatable bonds is 5. The van der Waals surface area contributed by atoms with Crippen LogP contribution in [0.15, 0.2) is 35.1 Å². The summed E-state index contributed by atoms with van der Waals surface area (Å²) < 4.78 is 3.22. The van der Waals surface area contributed by atoms with Gasteiger partial charge in [-0.05, 0) is 59.6 Å². The predicted molar refractivity (Wildman–Crippen MR) is 94.5 cm³/mol. The zero-order chi connectivity index (χ0) is 15.4. The molecule has 0 atom stereocenters. The molecule has 1 aromatic carbocycles. The van der Waals surface area contributed by atoms with Crippen molar-refractivity contribution in [1.82, 2.24) is 14.5 Å². The van der Waals surface area contributed by atoms with Gasteiger partial charge in [-0.25, -0.2) is 4.98 Å². The molecule has 2 aromatic rings. The summed E-state index contributed by atoms with van der Waals surface area (Å²) in [6.07, 6.45) is 8.90. The van der Waals surface area contributed by atoms with Crippen LogP contribution in [0, 0.1) is 0 Å². The summed E-state index contributed by atoms with van der Waals surface area (Å²) in [6.45, 7) is 4.63. The van der Waals surface area contributed by atoms with Gasteiger partial charge in [0.15, 0.2) is 0 Å². The van der Waals surface area contributed by atoms with Crippen molar-refractivity contribution in [2.24, 2.45) is 0 Å². The molecule has 0 aliphatic carbocycles. The highest BCUT2D eigenvalue weighted by Gasteiger charge is 2.11. The molecule has 0 saturated carbocycles. The molecule has 3 rings (SSSR count). The van der Waals surface area contributed by atoms with Gasteiger partial charge >= 0.3 is 0 Å². The molecule has 1 saturated heterocycles. The summed E-state index contributed by atoms with van der Waals surface area (Å²) in [7, 11) is 0. The number of halogens is 2. The first kappa shape index (κ1) is 16.0. The molecule has 5 heteroatoms. The van der Waals surface area contributed by atoms with Crippen LogP contribution < -0.4 is 0 Å². The molecule has 0 radical (unpaired) electrons. The third kappa shape index (κ3) is 4.12. The summed E-state index contributed by atoms with van der Waals surface area (Å²) in [5, 5.41) is 0.747. The van der Waals surface area contributed by atoms with E-state index in [1.54, 1.807) is 0 Å². The third-order valence-electron chi connectivity index (χ3n) is 4.25. The van der Waals surface area contributed by atoms with Crippen molar-refractivity contribution in [3.8, 4) is 0 Å². The Morgan fingerprint density at radius 2 is 1.95 bits per heavy atom. The molecule has 1 aromatic heterocycles. The Labute approximate surface area is 145 Å². The number of likely N-dealkylation sites (tertiary alicyclic amines) is 1. The zero-order valence-electron chi connectivity index (χ0n) is 12.6. The summed E-state index contributed by atoms with van der Waals surface area (Å²) >= 11 is 9.54. The Bertz CT molecular complexity index is 620. The van der Waals surface area contributed by atoms with Crippen molar-refractivity contribution < 1.29 is 0 Å². The minimum absolute atomic E-state index is 0.747. The van der Waals surface area contributed by atoms with E-state index in [9.17, 15) is 0 Å². The van der Waals surface area contributed by atoms with Crippen molar-refractivity contribution in [2.75, 3.05) is 19.6 Å². The van der Waals surface area contributed by atoms with E-state index in [0.29, 0.717) is 0 Å². The largest absolute Gasteiger partial charge is 0.333 e. The van der Waals surface area contributed by atoms with Gasteiger partial charge in [0.2, 0.25) is 0 Å². The minimum Gasteiger partial charge on any atom is -0.333 e. The second kappa shape index (κ2) is 7.62. The monoisotopic (exact) mass is 381 g/mol. The molecule has 3 nitrogen and oxygen atoms in total. The minimum atomic E-state index is 0.747. The van der Waals surface area contributed by atoms with Crippen LogP contribution in [0.1, 0.15) is 30.7 Å². The van der Waals surface area contributed by atoms with Gasteiger partial charge in [0, 0.05) is 36.4 Å². The van der Waals surface area contributed by atoms with Gasteiger partial charge in [-0.2, -0.15) is 0 Å². The maximum atomic E-state index is 6.06. The van der Waals surface area contributed by atoms with E-state index in [1.807, 2.05) is 12.3 Å². The van der Waals surface area contributed by atoms with Gasteiger partial charge in [-0.1, -0.05) is 24.1 Å². The number of hydrogen-bond acceptors (Lipinski definition) is 2. The Hall–Kier alpha value is -0.840. The van der Waals surface area contributed by atoms with Crippen LogP contribution in [0.4, 0.5) is 0 Å². The summed E-state index contributed by atoms with van der Waals surface area (Å²) in [5.74, 6) is 1.12. The van der Waals surface area contributed by atoms with E-state index in [4.69, 9.17) is 11.6 Å². The average molecular weight is 383 g/mol. The Morgan fingerprint density at radius 1 is 1.14 bits per heavy atom. The first-order valence-electron chi connectivity index (χ1n) is 7.88. The van der Waals surface area contributed by atoms with E-state index >= 15 is 0 Å². The highest BCUT2D eigenvalue weighted by atomic mass is 79.9. The van der Waals surface area contributed by atoms with Crippen LogP contribution in [-0.4, -0.2) is 34.1 Å². The van der Waals surface area contributed by atoms with Crippen molar-refractivity contribution in [3.05, 3.63) is 51.5 Å². The molecule has 1 aliphatic heterocycles. The smallest absolute Gasteiger partial charge is 0.113 e. The lowest BCUT2D eigenvalue weighted by Crippen LogP contribution is -2.32. The molecular weight excluding hydrogens is 362 g/mol. The fourth-order valence-corrected chi connectivity index (χ4v) is 3.52. The van der Waals surface area contributed by atoms with Crippen LogP contribution in [0.2, 0.25) is 5.02 Å². The number of piperidine rings is 1. The number of hydrogen-bond donors (Lipinski definition) is 0. The van der Waals surface area contributed by atoms with Gasteiger partial charge in [-0.15, -0.1) is 0 Å². The Kier molecular flexibility index (Phi) is 5.55. The van der Waals surface area contributed by atoms with E-state index in [1.165, 1.54) is 37.9 Å². The van der Waals surface area contributed by atoms with Crippen LogP contribution in [0.3, 0.4) is 0 Å². The molecule has 2 heterocycles. The molecule has 1 aliphatic rings. The maximum Gasteiger partial charge on any atom is 0.113 e. The Morgan fingerprint density at radius 3 is 2.73 bits per heavy atom. The number of aromatic nitrogens is 2. The van der Waals surface area contributed by atoms with Gasteiger partial charge in [0.1, 0.15) is 5.82 Å². The van der Waals surface area contributed by atoms with Crippen LogP contribution in [-0.2, 0) is 13.0 Å². The quantitative estimate of drug-likeness (QED) is 0.765.